The molecule has 1 saturated carbocycles. The Bertz CT molecular complexity index is 324. The van der Waals surface area contributed by atoms with E-state index in [4.69, 9.17) is 4.74 Å². The Morgan fingerprint density at radius 2 is 1.88 bits per heavy atom. The van der Waals surface area contributed by atoms with Crippen molar-refractivity contribution in [1.29, 1.82) is 0 Å². The molecule has 1 spiro atoms. The van der Waals surface area contributed by atoms with E-state index >= 15 is 0 Å². The van der Waals surface area contributed by atoms with Crippen LogP contribution in [0.5, 0.6) is 0 Å². The van der Waals surface area contributed by atoms with Crippen LogP contribution in [0.1, 0.15) is 47.0 Å². The number of likely N-dealkylation sites (tertiary alicyclic amines) is 1. The lowest BCUT2D eigenvalue weighted by atomic mass is 9.69. The summed E-state index contributed by atoms with van der Waals surface area (Å²) in [5.41, 5.74) is -1.15. The van der Waals surface area contributed by atoms with Gasteiger partial charge in [-0.25, -0.2) is 4.79 Å². The molecule has 1 N–H and O–H groups in total. The van der Waals surface area contributed by atoms with Crippen LogP contribution in [0.4, 0.5) is 4.79 Å². The molecule has 0 bridgehead atoms. The number of rotatable bonds is 0. The average Bonchev–Trinajstić information content (AvgIpc) is 2.34. The van der Waals surface area contributed by atoms with E-state index < -0.39 is 11.2 Å². The van der Waals surface area contributed by atoms with Gasteiger partial charge in [0.15, 0.2) is 0 Å². The van der Waals surface area contributed by atoms with E-state index in [0.717, 1.165) is 19.3 Å². The highest BCUT2D eigenvalue weighted by Crippen LogP contribution is 2.52. The lowest BCUT2D eigenvalue weighted by molar-refractivity contribution is -0.129. The summed E-state index contributed by atoms with van der Waals surface area (Å²) in [7, 11) is 0. The van der Waals surface area contributed by atoms with Crippen molar-refractivity contribution in [3.05, 3.63) is 0 Å². The van der Waals surface area contributed by atoms with Gasteiger partial charge in [0, 0.05) is 18.5 Å². The van der Waals surface area contributed by atoms with E-state index in [2.05, 4.69) is 0 Å². The minimum Gasteiger partial charge on any atom is -0.444 e. The summed E-state index contributed by atoms with van der Waals surface area (Å²) < 4.78 is 5.32. The van der Waals surface area contributed by atoms with Crippen LogP contribution in [0, 0.1) is 5.41 Å². The Balaban J connectivity index is 1.93. The number of hydrogen-bond acceptors (Lipinski definition) is 3. The number of carbonyl (C=O) groups excluding carboxylic acids is 1. The highest BCUT2D eigenvalue weighted by Gasteiger charge is 2.59. The van der Waals surface area contributed by atoms with Gasteiger partial charge in [-0.3, -0.25) is 0 Å². The van der Waals surface area contributed by atoms with Gasteiger partial charge < -0.3 is 14.7 Å². The summed E-state index contributed by atoms with van der Waals surface area (Å²) in [5.74, 6) is 0. The molecule has 4 heteroatoms. The Morgan fingerprint density at radius 1 is 1.29 bits per heavy atom. The van der Waals surface area contributed by atoms with Crippen molar-refractivity contribution in [1.82, 2.24) is 4.90 Å². The molecule has 0 aromatic carbocycles. The van der Waals surface area contributed by atoms with Crippen LogP contribution < -0.4 is 0 Å². The van der Waals surface area contributed by atoms with Gasteiger partial charge in [0.05, 0.1) is 5.60 Å². The predicted molar refractivity (Wildman–Crippen MR) is 64.7 cm³/mol. The number of carbonyl (C=O) groups is 1. The molecule has 1 atom stereocenters. The van der Waals surface area contributed by atoms with E-state index in [1.54, 1.807) is 4.90 Å². The van der Waals surface area contributed by atoms with Gasteiger partial charge in [0.25, 0.3) is 0 Å². The molecule has 17 heavy (non-hydrogen) atoms. The van der Waals surface area contributed by atoms with Crippen molar-refractivity contribution in [3.8, 4) is 0 Å². The molecule has 1 aliphatic heterocycles. The molecule has 0 aromatic rings. The van der Waals surface area contributed by atoms with Gasteiger partial charge in [0.2, 0.25) is 0 Å². The third-order valence-electron chi connectivity index (χ3n) is 4.10. The number of hydrogen-bond donors (Lipinski definition) is 1. The van der Waals surface area contributed by atoms with Crippen LogP contribution >= 0.6 is 0 Å². The normalized spacial score (nSPS) is 31.5. The maximum atomic E-state index is 11.8. The maximum Gasteiger partial charge on any atom is 0.410 e. The van der Waals surface area contributed by atoms with Crippen molar-refractivity contribution in [2.45, 2.75) is 58.2 Å². The van der Waals surface area contributed by atoms with Crippen molar-refractivity contribution in [2.24, 2.45) is 5.41 Å². The van der Waals surface area contributed by atoms with E-state index in [0.29, 0.717) is 13.1 Å². The quantitative estimate of drug-likeness (QED) is 0.707. The first-order valence-electron chi connectivity index (χ1n) is 6.36. The molecule has 1 unspecified atom stereocenters. The number of nitrogens with zero attached hydrogens (tertiary/aromatic N) is 1. The zero-order valence-corrected chi connectivity index (χ0v) is 11.2. The molecule has 98 valence electrons. The maximum absolute atomic E-state index is 11.8. The molecule has 1 heterocycles. The highest BCUT2D eigenvalue weighted by molar-refractivity contribution is 5.69. The molecule has 2 fully saturated rings. The van der Waals surface area contributed by atoms with Gasteiger partial charge in [-0.1, -0.05) is 0 Å². The zero-order chi connectivity index (χ0) is 12.9. The first kappa shape index (κ1) is 12.7. The second-order valence-electron chi connectivity index (χ2n) is 6.74. The van der Waals surface area contributed by atoms with Gasteiger partial charge in [0.1, 0.15) is 5.60 Å². The lowest BCUT2D eigenvalue weighted by Crippen LogP contribution is -2.65. The van der Waals surface area contributed by atoms with Crippen molar-refractivity contribution >= 4 is 6.09 Å². The fourth-order valence-electron chi connectivity index (χ4n) is 2.94. The molecule has 0 radical (unpaired) electrons. The van der Waals surface area contributed by atoms with Crippen molar-refractivity contribution < 1.29 is 14.6 Å². The lowest BCUT2D eigenvalue weighted by Gasteiger charge is -2.53. The molecular formula is C13H23NO3. The summed E-state index contributed by atoms with van der Waals surface area (Å²) in [4.78, 5) is 13.5. The minimum atomic E-state index is -0.620. The first-order valence-corrected chi connectivity index (χ1v) is 6.36. The van der Waals surface area contributed by atoms with Crippen LogP contribution in [0.3, 0.4) is 0 Å². The molecule has 1 amide bonds. The fourth-order valence-corrected chi connectivity index (χ4v) is 2.94. The monoisotopic (exact) mass is 241 g/mol. The number of amides is 1. The third kappa shape index (κ3) is 2.15. The Kier molecular flexibility index (Phi) is 2.69. The largest absolute Gasteiger partial charge is 0.444 e. The Morgan fingerprint density at radius 3 is 2.29 bits per heavy atom. The summed E-state index contributed by atoms with van der Waals surface area (Å²) >= 11 is 0. The third-order valence-corrected chi connectivity index (χ3v) is 4.10. The van der Waals surface area contributed by atoms with E-state index in [1.165, 1.54) is 0 Å². The molecule has 1 saturated heterocycles. The summed E-state index contributed by atoms with van der Waals surface area (Å²) in [6.07, 6.45) is 2.65. The van der Waals surface area contributed by atoms with Crippen LogP contribution in [0.2, 0.25) is 0 Å². The Hall–Kier alpha value is -0.770. The highest BCUT2D eigenvalue weighted by atomic mass is 16.6. The molecular weight excluding hydrogens is 218 g/mol. The second kappa shape index (κ2) is 3.61. The van der Waals surface area contributed by atoms with Crippen LogP contribution in [-0.2, 0) is 4.74 Å². The molecule has 4 nitrogen and oxygen atoms in total. The van der Waals surface area contributed by atoms with Crippen LogP contribution in [0.15, 0.2) is 0 Å². The SMILES string of the molecule is CC(C)(C)OC(=O)N1CC2(CCCC2(C)O)C1. The predicted octanol–water partition coefficient (Wildman–Crippen LogP) is 2.16. The van der Waals surface area contributed by atoms with Gasteiger partial charge >= 0.3 is 6.09 Å². The summed E-state index contributed by atoms with van der Waals surface area (Å²) in [6, 6.07) is 0. The van der Waals surface area contributed by atoms with E-state index in [1.807, 2.05) is 27.7 Å². The van der Waals surface area contributed by atoms with Gasteiger partial charge in [-0.15, -0.1) is 0 Å². The first-order chi connectivity index (χ1) is 7.65. The van der Waals surface area contributed by atoms with Gasteiger partial charge in [-0.05, 0) is 47.0 Å². The minimum absolute atomic E-state index is 0.0795. The Labute approximate surface area is 103 Å². The standard InChI is InChI=1S/C13H23NO3/c1-11(2,3)17-10(15)14-8-13(9-14)7-5-6-12(13,4)16/h16H,5-9H2,1-4H3. The topological polar surface area (TPSA) is 49.8 Å². The fraction of sp³-hybridized carbons (Fsp3) is 0.923. The van der Waals surface area contributed by atoms with Crippen molar-refractivity contribution in [3.63, 3.8) is 0 Å². The van der Waals surface area contributed by atoms with Crippen molar-refractivity contribution in [2.75, 3.05) is 13.1 Å². The average molecular weight is 241 g/mol. The number of aliphatic hydroxyl groups is 1. The summed E-state index contributed by atoms with van der Waals surface area (Å²) in [6.45, 7) is 8.76. The molecule has 1 aliphatic carbocycles. The summed E-state index contributed by atoms with van der Waals surface area (Å²) in [5, 5.41) is 10.3. The van der Waals surface area contributed by atoms with Gasteiger partial charge in [-0.2, -0.15) is 0 Å². The van der Waals surface area contributed by atoms with E-state index in [-0.39, 0.29) is 11.5 Å². The molecule has 0 aromatic heterocycles. The molecule has 2 rings (SSSR count). The smallest absolute Gasteiger partial charge is 0.410 e. The number of ether oxygens (including phenoxy) is 1. The second-order valence-corrected chi connectivity index (χ2v) is 6.74. The van der Waals surface area contributed by atoms with Crippen LogP contribution in [-0.4, -0.2) is 40.4 Å². The van der Waals surface area contributed by atoms with Crippen LogP contribution in [0.25, 0.3) is 0 Å². The van der Waals surface area contributed by atoms with E-state index in [9.17, 15) is 9.90 Å². The molecule has 2 aliphatic rings. The zero-order valence-electron chi connectivity index (χ0n) is 11.2.